The van der Waals surface area contributed by atoms with Gasteiger partial charge in [-0.15, -0.1) is 0 Å². The largest absolute Gasteiger partial charge is 0.481 e. The second-order valence-corrected chi connectivity index (χ2v) is 5.14. The van der Waals surface area contributed by atoms with Crippen molar-refractivity contribution in [3.63, 3.8) is 0 Å². The molecule has 0 aliphatic rings. The van der Waals surface area contributed by atoms with Crippen molar-refractivity contribution in [3.8, 4) is 0 Å². The number of rotatable bonds is 2. The van der Waals surface area contributed by atoms with Crippen molar-refractivity contribution in [2.45, 2.75) is 19.3 Å². The van der Waals surface area contributed by atoms with Crippen LogP contribution >= 0.6 is 15.9 Å². The predicted molar refractivity (Wildman–Crippen MR) is 64.6 cm³/mol. The molecule has 0 spiro atoms. The molecule has 1 N–H and O–H groups in total. The molecule has 1 aromatic heterocycles. The standard InChI is InChI=1S/C12H11BrO3/c1-12(2,11(14)15)10-6-7-5-8(13)3-4-9(7)16-10/h3-6H,1-2H3,(H,14,15). The average Bonchev–Trinajstić information content (AvgIpc) is 2.60. The molecule has 0 atom stereocenters. The number of hydrogen-bond donors (Lipinski definition) is 1. The third-order valence-electron chi connectivity index (χ3n) is 2.63. The first-order valence-electron chi connectivity index (χ1n) is 4.84. The van der Waals surface area contributed by atoms with Crippen LogP contribution in [0.1, 0.15) is 19.6 Å². The van der Waals surface area contributed by atoms with Gasteiger partial charge in [0.05, 0.1) is 0 Å². The molecule has 3 nitrogen and oxygen atoms in total. The molecule has 0 amide bonds. The van der Waals surface area contributed by atoms with Crippen LogP contribution in [0, 0.1) is 0 Å². The van der Waals surface area contributed by atoms with E-state index in [-0.39, 0.29) is 0 Å². The first-order valence-corrected chi connectivity index (χ1v) is 5.63. The zero-order chi connectivity index (χ0) is 11.9. The van der Waals surface area contributed by atoms with Crippen LogP contribution in [-0.4, -0.2) is 11.1 Å². The summed E-state index contributed by atoms with van der Waals surface area (Å²) in [5, 5.41) is 10.0. The average molecular weight is 283 g/mol. The molecule has 0 aliphatic heterocycles. The Morgan fingerprint density at radius 1 is 1.38 bits per heavy atom. The zero-order valence-electron chi connectivity index (χ0n) is 8.95. The summed E-state index contributed by atoms with van der Waals surface area (Å²) in [6.07, 6.45) is 0. The molecule has 84 valence electrons. The maximum Gasteiger partial charge on any atom is 0.316 e. The van der Waals surface area contributed by atoms with E-state index in [1.54, 1.807) is 19.9 Å². The Balaban J connectivity index is 2.59. The van der Waals surface area contributed by atoms with Crippen LogP contribution in [0.5, 0.6) is 0 Å². The normalized spacial score (nSPS) is 11.9. The fraction of sp³-hybridized carbons (Fsp3) is 0.250. The Bertz CT molecular complexity index is 554. The molecule has 16 heavy (non-hydrogen) atoms. The Labute approximate surface area is 101 Å². The van der Waals surface area contributed by atoms with Crippen LogP contribution < -0.4 is 0 Å². The number of aliphatic carboxylic acids is 1. The molecule has 1 heterocycles. The van der Waals surface area contributed by atoms with Crippen LogP contribution in [0.25, 0.3) is 11.0 Å². The van der Waals surface area contributed by atoms with Gasteiger partial charge in [0.1, 0.15) is 16.8 Å². The van der Waals surface area contributed by atoms with Gasteiger partial charge < -0.3 is 9.52 Å². The van der Waals surface area contributed by atoms with Gasteiger partial charge in [-0.1, -0.05) is 15.9 Å². The van der Waals surface area contributed by atoms with Crippen molar-refractivity contribution in [1.82, 2.24) is 0 Å². The minimum absolute atomic E-state index is 0.466. The zero-order valence-corrected chi connectivity index (χ0v) is 10.5. The van der Waals surface area contributed by atoms with Crippen molar-refractivity contribution < 1.29 is 14.3 Å². The number of carboxylic acid groups (broad SMARTS) is 1. The first-order chi connectivity index (χ1) is 7.41. The summed E-state index contributed by atoms with van der Waals surface area (Å²) in [5.41, 5.74) is -0.307. The second-order valence-electron chi connectivity index (χ2n) is 4.22. The molecule has 0 saturated heterocycles. The number of fused-ring (bicyclic) bond motifs is 1. The monoisotopic (exact) mass is 282 g/mol. The molecule has 0 saturated carbocycles. The van der Waals surface area contributed by atoms with Crippen LogP contribution in [0.3, 0.4) is 0 Å². The highest BCUT2D eigenvalue weighted by Gasteiger charge is 2.33. The van der Waals surface area contributed by atoms with E-state index in [1.165, 1.54) is 0 Å². The highest BCUT2D eigenvalue weighted by Crippen LogP contribution is 2.31. The molecule has 2 aromatic rings. The SMILES string of the molecule is CC(C)(C(=O)O)c1cc2cc(Br)ccc2o1. The van der Waals surface area contributed by atoms with Crippen LogP contribution in [0.15, 0.2) is 33.2 Å². The van der Waals surface area contributed by atoms with Gasteiger partial charge in [0.15, 0.2) is 0 Å². The van der Waals surface area contributed by atoms with Crippen LogP contribution in [0.2, 0.25) is 0 Å². The number of carboxylic acids is 1. The minimum Gasteiger partial charge on any atom is -0.481 e. The van der Waals surface area contributed by atoms with E-state index in [1.807, 2.05) is 18.2 Å². The molecule has 0 aliphatic carbocycles. The van der Waals surface area contributed by atoms with Crippen molar-refractivity contribution in [3.05, 3.63) is 34.5 Å². The van der Waals surface area contributed by atoms with Crippen molar-refractivity contribution in [2.24, 2.45) is 0 Å². The molecule has 0 radical (unpaired) electrons. The van der Waals surface area contributed by atoms with E-state index in [0.717, 1.165) is 9.86 Å². The first kappa shape index (κ1) is 11.2. The lowest BCUT2D eigenvalue weighted by Crippen LogP contribution is -2.27. The van der Waals surface area contributed by atoms with Gasteiger partial charge >= 0.3 is 5.97 Å². The highest BCUT2D eigenvalue weighted by molar-refractivity contribution is 9.10. The number of halogens is 1. The van der Waals surface area contributed by atoms with Crippen molar-refractivity contribution >= 4 is 32.9 Å². The number of benzene rings is 1. The summed E-state index contributed by atoms with van der Waals surface area (Å²) in [6, 6.07) is 7.36. The maximum absolute atomic E-state index is 11.1. The maximum atomic E-state index is 11.1. The molecule has 0 unspecified atom stereocenters. The van der Waals surface area contributed by atoms with Gasteiger partial charge in [0.2, 0.25) is 0 Å². The second kappa shape index (κ2) is 3.63. The minimum atomic E-state index is -1.01. The van der Waals surface area contributed by atoms with E-state index in [2.05, 4.69) is 15.9 Å². The lowest BCUT2D eigenvalue weighted by atomic mass is 9.90. The number of furan rings is 1. The van der Waals surface area contributed by atoms with Crippen molar-refractivity contribution in [2.75, 3.05) is 0 Å². The van der Waals surface area contributed by atoms with Gasteiger partial charge in [-0.05, 0) is 38.1 Å². The highest BCUT2D eigenvalue weighted by atomic mass is 79.9. The van der Waals surface area contributed by atoms with Crippen molar-refractivity contribution in [1.29, 1.82) is 0 Å². The quantitative estimate of drug-likeness (QED) is 0.916. The fourth-order valence-corrected chi connectivity index (χ4v) is 1.81. The molecule has 4 heteroatoms. The molecule has 1 aromatic carbocycles. The smallest absolute Gasteiger partial charge is 0.316 e. The lowest BCUT2D eigenvalue weighted by molar-refractivity contribution is -0.143. The van der Waals surface area contributed by atoms with Crippen LogP contribution in [0.4, 0.5) is 0 Å². The summed E-state index contributed by atoms with van der Waals surface area (Å²) < 4.78 is 6.49. The van der Waals surface area contributed by atoms with E-state index in [0.29, 0.717) is 11.3 Å². The van der Waals surface area contributed by atoms with Gasteiger partial charge in [-0.2, -0.15) is 0 Å². The van der Waals surface area contributed by atoms with E-state index >= 15 is 0 Å². The molecule has 0 fully saturated rings. The van der Waals surface area contributed by atoms with E-state index < -0.39 is 11.4 Å². The third kappa shape index (κ3) is 1.73. The van der Waals surface area contributed by atoms with Gasteiger partial charge in [0.25, 0.3) is 0 Å². The molecular weight excluding hydrogens is 272 g/mol. The summed E-state index contributed by atoms with van der Waals surface area (Å²) in [5.74, 6) is -0.432. The summed E-state index contributed by atoms with van der Waals surface area (Å²) >= 11 is 3.36. The van der Waals surface area contributed by atoms with E-state index in [4.69, 9.17) is 9.52 Å². The topological polar surface area (TPSA) is 50.4 Å². The van der Waals surface area contributed by atoms with Crippen LogP contribution in [-0.2, 0) is 10.2 Å². The summed E-state index contributed by atoms with van der Waals surface area (Å²) in [7, 11) is 0. The van der Waals surface area contributed by atoms with E-state index in [9.17, 15) is 4.79 Å². The molecule has 0 bridgehead atoms. The van der Waals surface area contributed by atoms with Gasteiger partial charge in [-0.25, -0.2) is 0 Å². The summed E-state index contributed by atoms with van der Waals surface area (Å²) in [4.78, 5) is 11.1. The Morgan fingerprint density at radius 2 is 2.06 bits per heavy atom. The molecule has 2 rings (SSSR count). The van der Waals surface area contributed by atoms with Gasteiger partial charge in [0, 0.05) is 9.86 Å². The fourth-order valence-electron chi connectivity index (χ4n) is 1.43. The third-order valence-corrected chi connectivity index (χ3v) is 3.12. The number of hydrogen-bond acceptors (Lipinski definition) is 2. The molecular formula is C12H11BrO3. The predicted octanol–water partition coefficient (Wildman–Crippen LogP) is 3.56. The Hall–Kier alpha value is -1.29. The summed E-state index contributed by atoms with van der Waals surface area (Å²) in [6.45, 7) is 3.25. The number of carbonyl (C=O) groups is 1. The Morgan fingerprint density at radius 3 is 2.69 bits per heavy atom. The lowest BCUT2D eigenvalue weighted by Gasteiger charge is -2.15. The Kier molecular flexibility index (Phi) is 2.54. The van der Waals surface area contributed by atoms with Gasteiger partial charge in [-0.3, -0.25) is 4.79 Å².